The minimum absolute atomic E-state index is 0.00575. The van der Waals surface area contributed by atoms with Crippen LogP contribution in [0, 0.1) is 5.92 Å². The highest BCUT2D eigenvalue weighted by Crippen LogP contribution is 2.26. The Balaban J connectivity index is 1.84. The second-order valence-electron chi connectivity index (χ2n) is 5.28. The summed E-state index contributed by atoms with van der Waals surface area (Å²) < 4.78 is 9.97. The lowest BCUT2D eigenvalue weighted by atomic mass is 10.1. The van der Waals surface area contributed by atoms with Gasteiger partial charge in [0.1, 0.15) is 0 Å². The Morgan fingerprint density at radius 3 is 2.95 bits per heavy atom. The van der Waals surface area contributed by atoms with Gasteiger partial charge in [0.15, 0.2) is 0 Å². The highest BCUT2D eigenvalue weighted by molar-refractivity contribution is 5.76. The van der Waals surface area contributed by atoms with Gasteiger partial charge >= 0.3 is 12.0 Å². The Bertz CT molecular complexity index is 363. The monoisotopic (exact) mass is 286 g/mol. The van der Waals surface area contributed by atoms with Gasteiger partial charge in [0, 0.05) is 12.6 Å². The molecule has 1 saturated carbocycles. The molecule has 1 saturated heterocycles. The summed E-state index contributed by atoms with van der Waals surface area (Å²) in [5.74, 6) is -0.329. The topological polar surface area (TPSA) is 88.1 Å². The van der Waals surface area contributed by atoms with Crippen molar-refractivity contribution < 1.29 is 24.2 Å². The second-order valence-corrected chi connectivity index (χ2v) is 5.28. The van der Waals surface area contributed by atoms with Crippen LogP contribution in [0.25, 0.3) is 0 Å². The first-order valence-corrected chi connectivity index (χ1v) is 6.99. The quantitative estimate of drug-likeness (QED) is 0.697. The largest absolute Gasteiger partial charge is 0.469 e. The molecule has 0 unspecified atom stereocenters. The van der Waals surface area contributed by atoms with Gasteiger partial charge in [0.05, 0.1) is 38.9 Å². The number of esters is 1. The number of amides is 2. The van der Waals surface area contributed by atoms with E-state index < -0.39 is 0 Å². The molecule has 3 atom stereocenters. The summed E-state index contributed by atoms with van der Waals surface area (Å²) in [6, 6.07) is -0.488. The molecule has 1 aliphatic heterocycles. The van der Waals surface area contributed by atoms with Crippen LogP contribution >= 0.6 is 0 Å². The van der Waals surface area contributed by atoms with Crippen molar-refractivity contribution in [2.75, 3.05) is 33.5 Å². The Morgan fingerprint density at radius 2 is 2.25 bits per heavy atom. The summed E-state index contributed by atoms with van der Waals surface area (Å²) in [4.78, 5) is 25.3. The van der Waals surface area contributed by atoms with Crippen LogP contribution in [0.5, 0.6) is 0 Å². The van der Waals surface area contributed by atoms with Gasteiger partial charge in [-0.1, -0.05) is 0 Å². The van der Waals surface area contributed by atoms with Gasteiger partial charge in [0.25, 0.3) is 0 Å². The molecule has 0 spiro atoms. The molecular formula is C13H22N2O5. The van der Waals surface area contributed by atoms with E-state index in [4.69, 9.17) is 9.47 Å². The molecule has 7 nitrogen and oxygen atoms in total. The zero-order chi connectivity index (χ0) is 14.5. The number of morpholine rings is 1. The third kappa shape index (κ3) is 3.40. The van der Waals surface area contributed by atoms with Gasteiger partial charge in [-0.25, -0.2) is 4.79 Å². The second kappa shape index (κ2) is 6.90. The molecule has 114 valence electrons. The van der Waals surface area contributed by atoms with Gasteiger partial charge in [-0.3, -0.25) is 4.79 Å². The van der Waals surface area contributed by atoms with Crippen molar-refractivity contribution in [3.8, 4) is 0 Å². The molecular weight excluding hydrogens is 264 g/mol. The Hall–Kier alpha value is -1.34. The average molecular weight is 286 g/mol. The van der Waals surface area contributed by atoms with E-state index in [0.29, 0.717) is 26.2 Å². The van der Waals surface area contributed by atoms with Gasteiger partial charge in [-0.05, 0) is 19.3 Å². The zero-order valence-corrected chi connectivity index (χ0v) is 11.7. The fourth-order valence-electron chi connectivity index (χ4n) is 2.82. The number of carbonyl (C=O) groups excluding carboxylic acids is 2. The van der Waals surface area contributed by atoms with E-state index in [1.54, 1.807) is 4.90 Å². The minimum atomic E-state index is -0.290. The zero-order valence-electron chi connectivity index (χ0n) is 11.7. The van der Waals surface area contributed by atoms with Crippen molar-refractivity contribution in [1.29, 1.82) is 0 Å². The molecule has 0 aromatic heterocycles. The van der Waals surface area contributed by atoms with Crippen molar-refractivity contribution in [2.45, 2.75) is 31.3 Å². The van der Waals surface area contributed by atoms with Gasteiger partial charge < -0.3 is 24.8 Å². The van der Waals surface area contributed by atoms with Gasteiger partial charge in [-0.15, -0.1) is 0 Å². The number of rotatable bonds is 3. The molecule has 2 rings (SSSR count). The van der Waals surface area contributed by atoms with Gasteiger partial charge in [0.2, 0.25) is 0 Å². The summed E-state index contributed by atoms with van der Waals surface area (Å²) in [5, 5.41) is 12.2. The van der Waals surface area contributed by atoms with E-state index in [2.05, 4.69) is 5.32 Å². The summed E-state index contributed by atoms with van der Waals surface area (Å²) in [5.41, 5.74) is 0. The number of aliphatic hydroxyl groups excluding tert-OH is 1. The fraction of sp³-hybridized carbons (Fsp3) is 0.846. The summed E-state index contributed by atoms with van der Waals surface area (Å²) >= 11 is 0. The first kappa shape index (κ1) is 15.1. The Kier molecular flexibility index (Phi) is 5.19. The first-order chi connectivity index (χ1) is 9.65. The van der Waals surface area contributed by atoms with Crippen LogP contribution in [0.4, 0.5) is 4.79 Å². The number of hydrogen-bond acceptors (Lipinski definition) is 5. The minimum Gasteiger partial charge on any atom is -0.469 e. The van der Waals surface area contributed by atoms with E-state index in [-0.39, 0.29) is 36.6 Å². The Morgan fingerprint density at radius 1 is 1.45 bits per heavy atom. The average Bonchev–Trinajstić information content (AvgIpc) is 2.94. The lowest BCUT2D eigenvalue weighted by molar-refractivity contribution is -0.145. The number of urea groups is 1. The number of methoxy groups -OCH3 is 1. The fourth-order valence-corrected chi connectivity index (χ4v) is 2.82. The SMILES string of the molecule is COC(=O)[C@H]1CC[C@@H](NC(=O)N2CCOC[C@@H]2CO)C1. The maximum absolute atomic E-state index is 12.2. The molecule has 1 heterocycles. The molecule has 2 aliphatic rings. The standard InChI is InChI=1S/C13H22N2O5/c1-19-12(17)9-2-3-10(6-9)14-13(18)15-4-5-20-8-11(15)7-16/h9-11,16H,2-8H2,1H3,(H,14,18)/t9-,10+,11-/m0/s1. The maximum atomic E-state index is 12.2. The molecule has 0 radical (unpaired) electrons. The molecule has 1 aliphatic carbocycles. The molecule has 2 amide bonds. The van der Waals surface area contributed by atoms with Crippen LogP contribution in [0.3, 0.4) is 0 Å². The first-order valence-electron chi connectivity index (χ1n) is 6.99. The summed E-state index contributed by atoms with van der Waals surface area (Å²) in [6.45, 7) is 1.21. The van der Waals surface area contributed by atoms with E-state index >= 15 is 0 Å². The number of carbonyl (C=O) groups is 2. The van der Waals surface area contributed by atoms with Crippen LogP contribution in [-0.4, -0.2) is 67.6 Å². The van der Waals surface area contributed by atoms with Crippen LogP contribution in [0.15, 0.2) is 0 Å². The Labute approximate surface area is 118 Å². The predicted molar refractivity (Wildman–Crippen MR) is 70.1 cm³/mol. The highest BCUT2D eigenvalue weighted by Gasteiger charge is 2.34. The normalized spacial score (nSPS) is 30.1. The number of nitrogens with one attached hydrogen (secondary N) is 1. The van der Waals surface area contributed by atoms with E-state index in [1.807, 2.05) is 0 Å². The number of aliphatic hydroxyl groups is 1. The van der Waals surface area contributed by atoms with Crippen LogP contribution in [-0.2, 0) is 14.3 Å². The summed E-state index contributed by atoms with van der Waals surface area (Å²) in [7, 11) is 1.38. The number of ether oxygens (including phenoxy) is 2. The molecule has 7 heteroatoms. The third-order valence-corrected chi connectivity index (χ3v) is 3.99. The molecule has 0 bridgehead atoms. The van der Waals surface area contributed by atoms with E-state index in [0.717, 1.165) is 12.8 Å². The number of hydrogen-bond donors (Lipinski definition) is 2. The smallest absolute Gasteiger partial charge is 0.318 e. The predicted octanol–water partition coefficient (Wildman–Crippen LogP) is -0.269. The molecule has 0 aromatic carbocycles. The van der Waals surface area contributed by atoms with Crippen LogP contribution < -0.4 is 5.32 Å². The van der Waals surface area contributed by atoms with Gasteiger partial charge in [-0.2, -0.15) is 0 Å². The third-order valence-electron chi connectivity index (χ3n) is 3.99. The highest BCUT2D eigenvalue weighted by atomic mass is 16.5. The molecule has 0 aromatic rings. The van der Waals surface area contributed by atoms with Crippen molar-refractivity contribution in [3.63, 3.8) is 0 Å². The number of nitrogens with zero attached hydrogens (tertiary/aromatic N) is 1. The van der Waals surface area contributed by atoms with Crippen molar-refractivity contribution in [3.05, 3.63) is 0 Å². The van der Waals surface area contributed by atoms with Crippen molar-refractivity contribution in [1.82, 2.24) is 10.2 Å². The van der Waals surface area contributed by atoms with E-state index in [1.165, 1.54) is 7.11 Å². The molecule has 2 fully saturated rings. The molecule has 2 N–H and O–H groups in total. The van der Waals surface area contributed by atoms with Crippen LogP contribution in [0.1, 0.15) is 19.3 Å². The molecule has 20 heavy (non-hydrogen) atoms. The van der Waals surface area contributed by atoms with Crippen LogP contribution in [0.2, 0.25) is 0 Å². The lowest BCUT2D eigenvalue weighted by Gasteiger charge is -2.35. The maximum Gasteiger partial charge on any atom is 0.318 e. The summed E-state index contributed by atoms with van der Waals surface area (Å²) in [6.07, 6.45) is 2.14. The van der Waals surface area contributed by atoms with E-state index in [9.17, 15) is 14.7 Å². The van der Waals surface area contributed by atoms with Crippen molar-refractivity contribution >= 4 is 12.0 Å². The lowest BCUT2D eigenvalue weighted by Crippen LogP contribution is -2.55. The van der Waals surface area contributed by atoms with Crippen molar-refractivity contribution in [2.24, 2.45) is 5.92 Å².